The standard InChI is InChI=1S/C24H23N3O2/c1-16-13-20(14-21(15-25)18-5-7-19(8-6-18)24(28)29)17(2)27(16)23-11-9-22(10-12-23)26(3)4/h5-14H,1-4H3,(H,28,29)/b21-14-. The monoisotopic (exact) mass is 385 g/mol. The van der Waals surface area contributed by atoms with Crippen molar-refractivity contribution in [1.29, 1.82) is 5.26 Å². The molecule has 146 valence electrons. The van der Waals surface area contributed by atoms with Gasteiger partial charge in [0.15, 0.2) is 0 Å². The average molecular weight is 385 g/mol. The molecule has 0 saturated heterocycles. The first kappa shape index (κ1) is 20.0. The van der Waals surface area contributed by atoms with Gasteiger partial charge < -0.3 is 14.6 Å². The molecular formula is C24H23N3O2. The molecule has 5 nitrogen and oxygen atoms in total. The molecule has 0 aliphatic heterocycles. The molecule has 29 heavy (non-hydrogen) atoms. The van der Waals surface area contributed by atoms with E-state index >= 15 is 0 Å². The second-order valence-electron chi connectivity index (χ2n) is 7.13. The number of aryl methyl sites for hydroxylation is 1. The van der Waals surface area contributed by atoms with Crippen LogP contribution in [0.4, 0.5) is 5.69 Å². The summed E-state index contributed by atoms with van der Waals surface area (Å²) < 4.78 is 2.16. The van der Waals surface area contributed by atoms with E-state index in [4.69, 9.17) is 5.11 Å². The highest BCUT2D eigenvalue weighted by molar-refractivity contribution is 5.92. The molecule has 0 unspecified atom stereocenters. The van der Waals surface area contributed by atoms with Crippen molar-refractivity contribution < 1.29 is 9.90 Å². The van der Waals surface area contributed by atoms with E-state index in [1.165, 1.54) is 12.1 Å². The van der Waals surface area contributed by atoms with E-state index in [1.54, 1.807) is 12.1 Å². The third-order valence-corrected chi connectivity index (χ3v) is 4.96. The van der Waals surface area contributed by atoms with Crippen molar-refractivity contribution in [2.24, 2.45) is 0 Å². The van der Waals surface area contributed by atoms with Crippen LogP contribution >= 0.6 is 0 Å². The molecule has 0 amide bonds. The summed E-state index contributed by atoms with van der Waals surface area (Å²) in [5, 5.41) is 18.7. The molecule has 3 rings (SSSR count). The topological polar surface area (TPSA) is 69.3 Å². The van der Waals surface area contributed by atoms with Gasteiger partial charge in [0.05, 0.1) is 17.2 Å². The van der Waals surface area contributed by atoms with Gasteiger partial charge in [-0.25, -0.2) is 4.79 Å². The minimum atomic E-state index is -0.983. The normalized spacial score (nSPS) is 11.2. The number of benzene rings is 2. The number of allylic oxidation sites excluding steroid dienone is 1. The van der Waals surface area contributed by atoms with Crippen LogP contribution in [0.3, 0.4) is 0 Å². The van der Waals surface area contributed by atoms with E-state index in [0.717, 1.165) is 28.3 Å². The summed E-state index contributed by atoms with van der Waals surface area (Å²) in [7, 11) is 4.02. The third-order valence-electron chi connectivity index (χ3n) is 4.96. The zero-order chi connectivity index (χ0) is 21.1. The summed E-state index contributed by atoms with van der Waals surface area (Å²) in [5.74, 6) is -0.983. The number of carbonyl (C=O) groups is 1. The van der Waals surface area contributed by atoms with E-state index < -0.39 is 5.97 Å². The lowest BCUT2D eigenvalue weighted by molar-refractivity contribution is 0.0697. The molecule has 1 heterocycles. The third kappa shape index (κ3) is 4.07. The molecule has 5 heteroatoms. The first-order chi connectivity index (χ1) is 13.8. The minimum Gasteiger partial charge on any atom is -0.478 e. The first-order valence-electron chi connectivity index (χ1n) is 9.24. The maximum absolute atomic E-state index is 11.0. The van der Waals surface area contributed by atoms with Crippen molar-refractivity contribution in [2.75, 3.05) is 19.0 Å². The van der Waals surface area contributed by atoms with Gasteiger partial charge in [-0.2, -0.15) is 5.26 Å². The largest absolute Gasteiger partial charge is 0.478 e. The number of anilines is 1. The van der Waals surface area contributed by atoms with Crippen LogP contribution in [0.15, 0.2) is 54.6 Å². The van der Waals surface area contributed by atoms with Gasteiger partial charge in [-0.15, -0.1) is 0 Å². The number of hydrogen-bond acceptors (Lipinski definition) is 3. The molecule has 1 aromatic heterocycles. The maximum Gasteiger partial charge on any atom is 0.335 e. The summed E-state index contributed by atoms with van der Waals surface area (Å²) in [4.78, 5) is 13.1. The Bertz CT molecular complexity index is 1110. The van der Waals surface area contributed by atoms with Crippen LogP contribution in [-0.2, 0) is 0 Å². The van der Waals surface area contributed by atoms with Crippen molar-refractivity contribution in [1.82, 2.24) is 4.57 Å². The van der Waals surface area contributed by atoms with Crippen LogP contribution in [0, 0.1) is 25.2 Å². The SMILES string of the molecule is Cc1cc(/C=C(/C#N)c2ccc(C(=O)O)cc2)c(C)n1-c1ccc(N(C)C)cc1. The second-order valence-corrected chi connectivity index (χ2v) is 7.13. The lowest BCUT2D eigenvalue weighted by Gasteiger charge is -2.15. The lowest BCUT2D eigenvalue weighted by Crippen LogP contribution is -2.08. The Hall–Kier alpha value is -3.78. The first-order valence-corrected chi connectivity index (χ1v) is 9.24. The number of hydrogen-bond donors (Lipinski definition) is 1. The molecule has 0 fully saturated rings. The fourth-order valence-corrected chi connectivity index (χ4v) is 3.36. The smallest absolute Gasteiger partial charge is 0.335 e. The van der Waals surface area contributed by atoms with Gasteiger partial charge in [-0.05, 0) is 73.5 Å². The average Bonchev–Trinajstić information content (AvgIpc) is 2.99. The Kier molecular flexibility index (Phi) is 5.56. The molecule has 1 N–H and O–H groups in total. The zero-order valence-corrected chi connectivity index (χ0v) is 17.0. The number of carboxylic acids is 1. The molecule has 3 aromatic rings. The molecule has 0 bridgehead atoms. The summed E-state index contributed by atoms with van der Waals surface area (Å²) in [5.41, 5.74) is 6.65. The zero-order valence-electron chi connectivity index (χ0n) is 17.0. The second kappa shape index (κ2) is 8.07. The van der Waals surface area contributed by atoms with Gasteiger partial charge in [0, 0.05) is 36.9 Å². The predicted molar refractivity (Wildman–Crippen MR) is 116 cm³/mol. The predicted octanol–water partition coefficient (Wildman–Crippen LogP) is 4.92. The number of nitrogens with zero attached hydrogens (tertiary/aromatic N) is 3. The highest BCUT2D eigenvalue weighted by atomic mass is 16.4. The minimum absolute atomic E-state index is 0.199. The number of carboxylic acid groups (broad SMARTS) is 1. The number of aromatic carboxylic acids is 1. The highest BCUT2D eigenvalue weighted by Gasteiger charge is 2.12. The van der Waals surface area contributed by atoms with E-state index in [0.29, 0.717) is 11.1 Å². The number of nitriles is 1. The number of aromatic nitrogens is 1. The van der Waals surface area contributed by atoms with Gasteiger partial charge >= 0.3 is 5.97 Å². The summed E-state index contributed by atoms with van der Waals surface area (Å²) in [6.07, 6.45) is 1.85. The molecule has 2 aromatic carbocycles. The van der Waals surface area contributed by atoms with Gasteiger partial charge in [0.1, 0.15) is 0 Å². The summed E-state index contributed by atoms with van der Waals surface area (Å²) in [6.45, 7) is 4.07. The Morgan fingerprint density at radius 1 is 1.03 bits per heavy atom. The fourth-order valence-electron chi connectivity index (χ4n) is 3.36. The van der Waals surface area contributed by atoms with Crippen LogP contribution in [-0.4, -0.2) is 29.7 Å². The van der Waals surface area contributed by atoms with E-state index in [2.05, 4.69) is 45.9 Å². The van der Waals surface area contributed by atoms with E-state index in [-0.39, 0.29) is 5.56 Å². The molecule has 0 aliphatic carbocycles. The molecule has 0 radical (unpaired) electrons. The highest BCUT2D eigenvalue weighted by Crippen LogP contribution is 2.26. The maximum atomic E-state index is 11.0. The Morgan fingerprint density at radius 2 is 1.62 bits per heavy atom. The van der Waals surface area contributed by atoms with Crippen LogP contribution in [0.25, 0.3) is 17.3 Å². The van der Waals surface area contributed by atoms with Crippen molar-refractivity contribution in [3.05, 3.63) is 82.7 Å². The van der Waals surface area contributed by atoms with Crippen LogP contribution in [0.1, 0.15) is 32.9 Å². The Balaban J connectivity index is 2.00. The summed E-state index contributed by atoms with van der Waals surface area (Å²) in [6, 6.07) is 19.0. The quantitative estimate of drug-likeness (QED) is 0.633. The molecule has 0 spiro atoms. The van der Waals surface area contributed by atoms with Gasteiger partial charge in [0.2, 0.25) is 0 Å². The van der Waals surface area contributed by atoms with Crippen LogP contribution in [0.5, 0.6) is 0 Å². The van der Waals surface area contributed by atoms with Crippen molar-refractivity contribution in [3.8, 4) is 11.8 Å². The molecule has 0 atom stereocenters. The van der Waals surface area contributed by atoms with Gasteiger partial charge in [0.25, 0.3) is 0 Å². The van der Waals surface area contributed by atoms with Gasteiger partial charge in [-0.1, -0.05) is 12.1 Å². The molecule has 0 saturated carbocycles. The lowest BCUT2D eigenvalue weighted by atomic mass is 10.0. The van der Waals surface area contributed by atoms with E-state index in [1.807, 2.05) is 34.0 Å². The molecule has 0 aliphatic rings. The van der Waals surface area contributed by atoms with Crippen molar-refractivity contribution in [2.45, 2.75) is 13.8 Å². The van der Waals surface area contributed by atoms with Crippen molar-refractivity contribution in [3.63, 3.8) is 0 Å². The molecular weight excluding hydrogens is 362 g/mol. The van der Waals surface area contributed by atoms with Crippen molar-refractivity contribution >= 4 is 23.3 Å². The summed E-state index contributed by atoms with van der Waals surface area (Å²) >= 11 is 0. The Morgan fingerprint density at radius 3 is 2.14 bits per heavy atom. The number of rotatable bonds is 5. The van der Waals surface area contributed by atoms with Gasteiger partial charge in [-0.3, -0.25) is 0 Å². The van der Waals surface area contributed by atoms with Crippen LogP contribution < -0.4 is 4.90 Å². The van der Waals surface area contributed by atoms with E-state index in [9.17, 15) is 10.1 Å². The van der Waals surface area contributed by atoms with Crippen LogP contribution in [0.2, 0.25) is 0 Å². The fraction of sp³-hybridized carbons (Fsp3) is 0.167. The Labute approximate surface area is 170 Å².